The smallest absolute Gasteiger partial charge is 0.337 e. The van der Waals surface area contributed by atoms with Gasteiger partial charge in [0.05, 0.1) is 22.3 Å². The summed E-state index contributed by atoms with van der Waals surface area (Å²) in [7, 11) is 0. The highest BCUT2D eigenvalue weighted by Crippen LogP contribution is 2.21. The molecule has 3 rings (SSSR count). The highest BCUT2D eigenvalue weighted by Gasteiger charge is 2.15. The van der Waals surface area contributed by atoms with Crippen LogP contribution in [0.25, 0.3) is 11.0 Å². The van der Waals surface area contributed by atoms with Crippen molar-refractivity contribution in [2.75, 3.05) is 6.54 Å². The molecule has 2 aromatic heterocycles. The quantitative estimate of drug-likeness (QED) is 0.699. The lowest BCUT2D eigenvalue weighted by Crippen LogP contribution is -2.27. The van der Waals surface area contributed by atoms with Crippen molar-refractivity contribution in [3.05, 3.63) is 59.2 Å². The molecule has 0 saturated heterocycles. The van der Waals surface area contributed by atoms with Crippen LogP contribution >= 0.6 is 0 Å². The van der Waals surface area contributed by atoms with Gasteiger partial charge in [-0.05, 0) is 45.0 Å². The van der Waals surface area contributed by atoms with Gasteiger partial charge in [0.15, 0.2) is 0 Å². The monoisotopic (exact) mass is 366 g/mol. The van der Waals surface area contributed by atoms with Gasteiger partial charge in [-0.25, -0.2) is 14.8 Å². The number of carbonyl (C=O) groups is 2. The van der Waals surface area contributed by atoms with Gasteiger partial charge in [0.1, 0.15) is 11.5 Å². The van der Waals surface area contributed by atoms with E-state index >= 15 is 0 Å². The van der Waals surface area contributed by atoms with E-state index < -0.39 is 5.97 Å². The number of amides is 1. The lowest BCUT2D eigenvalue weighted by Gasteiger charge is -2.13. The van der Waals surface area contributed by atoms with Crippen LogP contribution < -0.4 is 5.32 Å². The van der Waals surface area contributed by atoms with Gasteiger partial charge >= 0.3 is 5.97 Å². The second-order valence-electron chi connectivity index (χ2n) is 6.62. The highest BCUT2D eigenvalue weighted by atomic mass is 16.4. The Hall–Kier alpha value is -3.22. The molecule has 1 amide bonds. The van der Waals surface area contributed by atoms with Crippen molar-refractivity contribution in [1.29, 1.82) is 0 Å². The highest BCUT2D eigenvalue weighted by molar-refractivity contribution is 5.94. The Morgan fingerprint density at radius 3 is 2.56 bits per heavy atom. The van der Waals surface area contributed by atoms with Crippen LogP contribution in [0.5, 0.6) is 0 Å². The van der Waals surface area contributed by atoms with Crippen molar-refractivity contribution in [2.24, 2.45) is 0 Å². The lowest BCUT2D eigenvalue weighted by molar-refractivity contribution is 0.0694. The number of hydrogen-bond acceptors (Lipinski definition) is 4. The standard InChI is InChI=1S/C20H22N4O3/c1-12(2)24-17-7-5-4-6-15(17)23-18(24)10-11-21-19(25)16-9-8-14(20(26)27)13(3)22-16/h4-9,12H,10-11H2,1-3H3,(H,21,25)(H,26,27). The summed E-state index contributed by atoms with van der Waals surface area (Å²) in [6, 6.07) is 11.1. The third kappa shape index (κ3) is 3.81. The van der Waals surface area contributed by atoms with Gasteiger partial charge in [0.25, 0.3) is 5.91 Å². The fourth-order valence-electron chi connectivity index (χ4n) is 3.14. The first-order valence-electron chi connectivity index (χ1n) is 8.83. The van der Waals surface area contributed by atoms with E-state index in [1.807, 2.05) is 24.3 Å². The van der Waals surface area contributed by atoms with E-state index in [1.165, 1.54) is 12.1 Å². The summed E-state index contributed by atoms with van der Waals surface area (Å²) in [6.07, 6.45) is 0.588. The fourth-order valence-corrected chi connectivity index (χ4v) is 3.14. The van der Waals surface area contributed by atoms with Crippen LogP contribution in [0.15, 0.2) is 36.4 Å². The molecule has 2 N–H and O–H groups in total. The Balaban J connectivity index is 1.70. The van der Waals surface area contributed by atoms with Crippen LogP contribution in [0.1, 0.15) is 52.3 Å². The van der Waals surface area contributed by atoms with Crippen molar-refractivity contribution in [2.45, 2.75) is 33.2 Å². The number of aromatic nitrogens is 3. The van der Waals surface area contributed by atoms with E-state index in [-0.39, 0.29) is 23.2 Å². The zero-order chi connectivity index (χ0) is 19.6. The molecule has 0 saturated carbocycles. The fraction of sp³-hybridized carbons (Fsp3) is 0.300. The first kappa shape index (κ1) is 18.6. The number of para-hydroxylation sites is 2. The van der Waals surface area contributed by atoms with Crippen LogP contribution in [0, 0.1) is 6.92 Å². The maximum absolute atomic E-state index is 12.3. The second kappa shape index (κ2) is 7.57. The number of hydrogen-bond donors (Lipinski definition) is 2. The number of aromatic carboxylic acids is 1. The molecule has 0 aliphatic rings. The third-order valence-electron chi connectivity index (χ3n) is 4.37. The Morgan fingerprint density at radius 2 is 1.89 bits per heavy atom. The molecular weight excluding hydrogens is 344 g/mol. The molecule has 3 aromatic rings. The Morgan fingerprint density at radius 1 is 1.15 bits per heavy atom. The number of fused-ring (bicyclic) bond motifs is 1. The van der Waals surface area contributed by atoms with Crippen molar-refractivity contribution in [3.63, 3.8) is 0 Å². The number of aryl methyl sites for hydroxylation is 1. The number of carboxylic acid groups (broad SMARTS) is 1. The largest absolute Gasteiger partial charge is 0.478 e. The van der Waals surface area contributed by atoms with Crippen molar-refractivity contribution < 1.29 is 14.7 Å². The summed E-state index contributed by atoms with van der Waals surface area (Å²) in [6.45, 7) is 6.20. The molecule has 0 radical (unpaired) electrons. The zero-order valence-electron chi connectivity index (χ0n) is 15.6. The summed E-state index contributed by atoms with van der Waals surface area (Å²) >= 11 is 0. The van der Waals surface area contributed by atoms with Gasteiger partial charge in [-0.2, -0.15) is 0 Å². The van der Waals surface area contributed by atoms with E-state index in [0.717, 1.165) is 16.9 Å². The minimum Gasteiger partial charge on any atom is -0.478 e. The summed E-state index contributed by atoms with van der Waals surface area (Å²) in [4.78, 5) is 32.1. The van der Waals surface area contributed by atoms with E-state index in [1.54, 1.807) is 6.92 Å². The Kier molecular flexibility index (Phi) is 5.21. The summed E-state index contributed by atoms with van der Waals surface area (Å²) < 4.78 is 2.17. The second-order valence-corrected chi connectivity index (χ2v) is 6.62. The molecule has 0 fully saturated rings. The molecular formula is C20H22N4O3. The Labute approximate surface area is 157 Å². The van der Waals surface area contributed by atoms with E-state index in [4.69, 9.17) is 5.11 Å². The molecule has 2 heterocycles. The van der Waals surface area contributed by atoms with Gasteiger partial charge in [0.2, 0.25) is 0 Å². The molecule has 0 aliphatic heterocycles. The molecule has 0 bridgehead atoms. The van der Waals surface area contributed by atoms with Crippen molar-refractivity contribution >= 4 is 22.9 Å². The Bertz CT molecular complexity index is 1010. The number of nitrogens with one attached hydrogen (secondary N) is 1. The van der Waals surface area contributed by atoms with Gasteiger partial charge in [0, 0.05) is 19.0 Å². The third-order valence-corrected chi connectivity index (χ3v) is 4.37. The van der Waals surface area contributed by atoms with Gasteiger partial charge in [-0.1, -0.05) is 12.1 Å². The molecule has 7 heteroatoms. The summed E-state index contributed by atoms with van der Waals surface area (Å²) in [5.41, 5.74) is 2.63. The zero-order valence-corrected chi connectivity index (χ0v) is 15.6. The maximum Gasteiger partial charge on any atom is 0.337 e. The van der Waals surface area contributed by atoms with Gasteiger partial charge in [-0.15, -0.1) is 0 Å². The lowest BCUT2D eigenvalue weighted by atomic mass is 10.2. The van der Waals surface area contributed by atoms with E-state index in [2.05, 4.69) is 33.7 Å². The van der Waals surface area contributed by atoms with E-state index in [0.29, 0.717) is 18.7 Å². The first-order valence-corrected chi connectivity index (χ1v) is 8.83. The maximum atomic E-state index is 12.3. The number of carboxylic acids is 1. The van der Waals surface area contributed by atoms with Crippen LogP contribution in [0.4, 0.5) is 0 Å². The predicted molar refractivity (Wildman–Crippen MR) is 102 cm³/mol. The van der Waals surface area contributed by atoms with Crippen LogP contribution in [0.2, 0.25) is 0 Å². The molecule has 7 nitrogen and oxygen atoms in total. The molecule has 0 unspecified atom stereocenters. The minimum absolute atomic E-state index is 0.0946. The average molecular weight is 366 g/mol. The summed E-state index contributed by atoms with van der Waals surface area (Å²) in [5, 5.41) is 11.9. The topological polar surface area (TPSA) is 97.1 Å². The minimum atomic E-state index is -1.06. The van der Waals surface area contributed by atoms with Crippen LogP contribution in [-0.2, 0) is 6.42 Å². The molecule has 0 spiro atoms. The molecule has 0 atom stereocenters. The van der Waals surface area contributed by atoms with Crippen molar-refractivity contribution in [1.82, 2.24) is 19.9 Å². The van der Waals surface area contributed by atoms with Crippen LogP contribution in [0.3, 0.4) is 0 Å². The number of imidazole rings is 1. The van der Waals surface area contributed by atoms with Crippen LogP contribution in [-0.4, -0.2) is 38.1 Å². The molecule has 1 aromatic carbocycles. The number of rotatable bonds is 6. The van der Waals surface area contributed by atoms with Gasteiger partial charge < -0.3 is 15.0 Å². The number of benzene rings is 1. The molecule has 0 aliphatic carbocycles. The van der Waals surface area contributed by atoms with E-state index in [9.17, 15) is 9.59 Å². The predicted octanol–water partition coefficient (Wildman–Crippen LogP) is 2.99. The molecule has 27 heavy (non-hydrogen) atoms. The first-order chi connectivity index (χ1) is 12.9. The number of pyridine rings is 1. The number of carbonyl (C=O) groups excluding carboxylic acids is 1. The van der Waals surface area contributed by atoms with Gasteiger partial charge in [-0.3, -0.25) is 4.79 Å². The number of nitrogens with zero attached hydrogens (tertiary/aromatic N) is 3. The van der Waals surface area contributed by atoms with Crippen molar-refractivity contribution in [3.8, 4) is 0 Å². The SMILES string of the molecule is Cc1nc(C(=O)NCCc2nc3ccccc3n2C(C)C)ccc1C(=O)O. The molecule has 140 valence electrons. The average Bonchev–Trinajstić information content (AvgIpc) is 2.99. The summed E-state index contributed by atoms with van der Waals surface area (Å²) in [5.74, 6) is -0.473. The normalized spacial score (nSPS) is 11.1.